The Morgan fingerprint density at radius 3 is 2.53 bits per heavy atom. The van der Waals surface area contributed by atoms with Gasteiger partial charge >= 0.3 is 0 Å². The fourth-order valence-electron chi connectivity index (χ4n) is 1.05. The van der Waals surface area contributed by atoms with Gasteiger partial charge in [-0.2, -0.15) is 0 Å². The Morgan fingerprint density at radius 2 is 1.93 bits per heavy atom. The Morgan fingerprint density at radius 1 is 1.27 bits per heavy atom. The second-order valence-electron chi connectivity index (χ2n) is 3.28. The molecule has 1 aromatic heterocycles. The molecule has 0 aromatic carbocycles. The molecule has 0 amide bonds. The SMILES string of the molecule is CC(=O)CCC(=O)/C=C/c1ccncc1. The topological polar surface area (TPSA) is 47.0 Å². The molecule has 0 saturated carbocycles. The number of nitrogens with zero attached hydrogens (tertiary/aromatic N) is 1. The summed E-state index contributed by atoms with van der Waals surface area (Å²) in [6.07, 6.45) is 7.16. The Hall–Kier alpha value is -1.77. The first-order chi connectivity index (χ1) is 7.18. The van der Waals surface area contributed by atoms with E-state index in [0.717, 1.165) is 5.56 Å². The van der Waals surface area contributed by atoms with E-state index in [9.17, 15) is 9.59 Å². The van der Waals surface area contributed by atoms with E-state index in [4.69, 9.17) is 0 Å². The van der Waals surface area contributed by atoms with E-state index in [1.165, 1.54) is 13.0 Å². The Labute approximate surface area is 88.8 Å². The number of hydrogen-bond donors (Lipinski definition) is 0. The number of carbonyl (C=O) groups excluding carboxylic acids is 2. The summed E-state index contributed by atoms with van der Waals surface area (Å²) in [5.74, 6) is 0.0164. The van der Waals surface area contributed by atoms with Crippen molar-refractivity contribution in [2.24, 2.45) is 0 Å². The Bertz CT molecular complexity index is 368. The maximum Gasteiger partial charge on any atom is 0.156 e. The van der Waals surface area contributed by atoms with Gasteiger partial charge in [0.25, 0.3) is 0 Å². The van der Waals surface area contributed by atoms with Crippen LogP contribution in [0.5, 0.6) is 0 Å². The molecule has 1 rings (SSSR count). The van der Waals surface area contributed by atoms with E-state index in [-0.39, 0.29) is 18.0 Å². The molecule has 0 aliphatic carbocycles. The van der Waals surface area contributed by atoms with Crippen molar-refractivity contribution in [2.75, 3.05) is 0 Å². The summed E-state index contributed by atoms with van der Waals surface area (Å²) in [4.78, 5) is 25.8. The number of carbonyl (C=O) groups is 2. The number of ketones is 2. The van der Waals surface area contributed by atoms with Crippen molar-refractivity contribution in [1.29, 1.82) is 0 Å². The van der Waals surface area contributed by atoms with Crippen LogP contribution >= 0.6 is 0 Å². The predicted octanol–water partition coefficient (Wildman–Crippen LogP) is 2.03. The van der Waals surface area contributed by atoms with E-state index >= 15 is 0 Å². The number of allylic oxidation sites excluding steroid dienone is 1. The number of rotatable bonds is 5. The summed E-state index contributed by atoms with van der Waals surface area (Å²) in [7, 11) is 0. The third kappa shape index (κ3) is 4.86. The highest BCUT2D eigenvalue weighted by Crippen LogP contribution is 2.01. The number of hydrogen-bond acceptors (Lipinski definition) is 3. The first-order valence-electron chi connectivity index (χ1n) is 4.79. The van der Waals surface area contributed by atoms with Crippen LogP contribution in [-0.4, -0.2) is 16.6 Å². The van der Waals surface area contributed by atoms with Gasteiger partial charge in [-0.05, 0) is 30.7 Å². The van der Waals surface area contributed by atoms with Crippen LogP contribution in [0.25, 0.3) is 6.08 Å². The maximum atomic E-state index is 11.3. The first kappa shape index (κ1) is 11.3. The minimum atomic E-state index is -0.0259. The van der Waals surface area contributed by atoms with Crippen LogP contribution in [0.15, 0.2) is 30.6 Å². The molecular weight excluding hydrogens is 190 g/mol. The summed E-state index contributed by atoms with van der Waals surface area (Å²) in [6, 6.07) is 3.63. The van der Waals surface area contributed by atoms with Gasteiger partial charge in [0.1, 0.15) is 5.78 Å². The molecule has 0 aliphatic rings. The van der Waals surface area contributed by atoms with Gasteiger partial charge in [-0.3, -0.25) is 9.78 Å². The Balaban J connectivity index is 2.44. The average molecular weight is 203 g/mol. The molecule has 0 fully saturated rings. The van der Waals surface area contributed by atoms with Crippen molar-refractivity contribution >= 4 is 17.6 Å². The van der Waals surface area contributed by atoms with E-state index in [1.807, 2.05) is 12.1 Å². The summed E-state index contributed by atoms with van der Waals surface area (Å²) < 4.78 is 0. The molecule has 0 unspecified atom stereocenters. The standard InChI is InChI=1S/C12H13NO2/c1-10(14)2-4-12(15)5-3-11-6-8-13-9-7-11/h3,5-9H,2,4H2,1H3/b5-3+. The van der Waals surface area contributed by atoms with Crippen molar-refractivity contribution in [3.05, 3.63) is 36.2 Å². The molecule has 15 heavy (non-hydrogen) atoms. The van der Waals surface area contributed by atoms with Crippen molar-refractivity contribution in [2.45, 2.75) is 19.8 Å². The lowest BCUT2D eigenvalue weighted by atomic mass is 10.1. The molecule has 3 heteroatoms. The van der Waals surface area contributed by atoms with Gasteiger partial charge in [-0.25, -0.2) is 0 Å². The van der Waals surface area contributed by atoms with Gasteiger partial charge in [0.15, 0.2) is 5.78 Å². The predicted molar refractivity (Wildman–Crippen MR) is 58.2 cm³/mol. The van der Waals surface area contributed by atoms with Crippen molar-refractivity contribution < 1.29 is 9.59 Å². The van der Waals surface area contributed by atoms with Crippen LogP contribution < -0.4 is 0 Å². The lowest BCUT2D eigenvalue weighted by molar-refractivity contribution is -0.120. The third-order valence-corrected chi connectivity index (χ3v) is 1.89. The molecule has 1 aromatic rings. The first-order valence-corrected chi connectivity index (χ1v) is 4.79. The molecule has 0 aliphatic heterocycles. The van der Waals surface area contributed by atoms with Crippen LogP contribution in [0.1, 0.15) is 25.3 Å². The quantitative estimate of drug-likeness (QED) is 0.688. The fourth-order valence-corrected chi connectivity index (χ4v) is 1.05. The molecule has 0 bridgehead atoms. The second-order valence-corrected chi connectivity index (χ2v) is 3.28. The Kier molecular flexibility index (Phi) is 4.41. The zero-order chi connectivity index (χ0) is 11.1. The molecule has 0 atom stereocenters. The summed E-state index contributed by atoms with van der Waals surface area (Å²) >= 11 is 0. The highest BCUT2D eigenvalue weighted by atomic mass is 16.1. The van der Waals surface area contributed by atoms with Crippen molar-refractivity contribution in [3.63, 3.8) is 0 Å². The summed E-state index contributed by atoms with van der Waals surface area (Å²) in [6.45, 7) is 1.49. The zero-order valence-electron chi connectivity index (χ0n) is 8.64. The normalized spacial score (nSPS) is 10.5. The molecule has 0 N–H and O–H groups in total. The monoisotopic (exact) mass is 203 g/mol. The number of Topliss-reactive ketones (excluding diaryl/α,β-unsaturated/α-hetero) is 1. The van der Waals surface area contributed by atoms with Gasteiger partial charge in [0.05, 0.1) is 0 Å². The third-order valence-electron chi connectivity index (χ3n) is 1.89. The van der Waals surface area contributed by atoms with Crippen LogP contribution in [0.4, 0.5) is 0 Å². The van der Waals surface area contributed by atoms with E-state index in [1.54, 1.807) is 18.5 Å². The number of pyridine rings is 1. The van der Waals surface area contributed by atoms with E-state index < -0.39 is 0 Å². The van der Waals surface area contributed by atoms with Gasteiger partial charge < -0.3 is 4.79 Å². The highest BCUT2D eigenvalue weighted by Gasteiger charge is 1.99. The molecular formula is C12H13NO2. The van der Waals surface area contributed by atoms with Gasteiger partial charge in [-0.15, -0.1) is 0 Å². The fraction of sp³-hybridized carbons (Fsp3) is 0.250. The van der Waals surface area contributed by atoms with Gasteiger partial charge in [-0.1, -0.05) is 6.08 Å². The zero-order valence-corrected chi connectivity index (χ0v) is 8.64. The highest BCUT2D eigenvalue weighted by molar-refractivity contribution is 5.95. The van der Waals surface area contributed by atoms with Crippen molar-refractivity contribution in [3.8, 4) is 0 Å². The molecule has 1 heterocycles. The van der Waals surface area contributed by atoms with Crippen LogP contribution in [0.2, 0.25) is 0 Å². The average Bonchev–Trinajstić information content (AvgIpc) is 2.25. The molecule has 0 saturated heterocycles. The summed E-state index contributed by atoms with van der Waals surface area (Å²) in [5, 5.41) is 0. The van der Waals surface area contributed by atoms with Crippen molar-refractivity contribution in [1.82, 2.24) is 4.98 Å². The van der Waals surface area contributed by atoms with Crippen LogP contribution in [0, 0.1) is 0 Å². The minimum absolute atomic E-state index is 0.0259. The smallest absolute Gasteiger partial charge is 0.156 e. The second kappa shape index (κ2) is 5.86. The lowest BCUT2D eigenvalue weighted by Gasteiger charge is -1.92. The van der Waals surface area contributed by atoms with E-state index in [2.05, 4.69) is 4.98 Å². The summed E-state index contributed by atoms with van der Waals surface area (Å²) in [5.41, 5.74) is 0.932. The molecule has 0 radical (unpaired) electrons. The molecule has 3 nitrogen and oxygen atoms in total. The maximum absolute atomic E-state index is 11.3. The van der Waals surface area contributed by atoms with E-state index in [0.29, 0.717) is 6.42 Å². The largest absolute Gasteiger partial charge is 0.300 e. The van der Waals surface area contributed by atoms with Gasteiger partial charge in [0, 0.05) is 25.2 Å². The minimum Gasteiger partial charge on any atom is -0.300 e. The molecule has 78 valence electrons. The number of aromatic nitrogens is 1. The van der Waals surface area contributed by atoms with Gasteiger partial charge in [0.2, 0.25) is 0 Å². The lowest BCUT2D eigenvalue weighted by Crippen LogP contribution is -1.97. The molecule has 0 spiro atoms. The van der Waals surface area contributed by atoms with Crippen LogP contribution in [0.3, 0.4) is 0 Å². The van der Waals surface area contributed by atoms with Crippen LogP contribution in [-0.2, 0) is 9.59 Å².